The lowest BCUT2D eigenvalue weighted by Crippen LogP contribution is -2.51. The molecule has 4 nitrogen and oxygen atoms in total. The van der Waals surface area contributed by atoms with Gasteiger partial charge in [0, 0.05) is 12.6 Å². The Bertz CT molecular complexity index is 299. The molecule has 1 fully saturated rings. The summed E-state index contributed by atoms with van der Waals surface area (Å²) in [6.45, 7) is 8.13. The van der Waals surface area contributed by atoms with Crippen molar-refractivity contribution in [1.29, 1.82) is 0 Å². The maximum Gasteiger partial charge on any atom is 0.237 e. The maximum atomic E-state index is 12.2. The molecule has 2 N–H and O–H groups in total. The van der Waals surface area contributed by atoms with Crippen molar-refractivity contribution in [3.05, 3.63) is 0 Å². The summed E-state index contributed by atoms with van der Waals surface area (Å²) in [5.41, 5.74) is -0.776. The number of nitrogens with zero attached hydrogens (tertiary/aromatic N) is 1. The van der Waals surface area contributed by atoms with Gasteiger partial charge in [0.1, 0.15) is 0 Å². The van der Waals surface area contributed by atoms with Crippen LogP contribution in [0.3, 0.4) is 0 Å². The molecule has 1 saturated carbocycles. The molecule has 19 heavy (non-hydrogen) atoms. The van der Waals surface area contributed by atoms with Crippen LogP contribution in [0.2, 0.25) is 0 Å². The molecule has 4 heteroatoms. The van der Waals surface area contributed by atoms with Crippen LogP contribution in [0.1, 0.15) is 53.4 Å². The first-order valence-corrected chi connectivity index (χ1v) is 7.43. The van der Waals surface area contributed by atoms with E-state index in [0.717, 1.165) is 6.42 Å². The molecule has 0 heterocycles. The molecule has 0 aromatic carbocycles. The standard InChI is InChI=1S/C15H30N2O2/c1-11-8-6-7-9-13(11)16-14(18)12(2)17(5)10-15(3,4)19/h11-13,19H,6-10H2,1-5H3,(H,16,18). The molecular weight excluding hydrogens is 240 g/mol. The number of amides is 1. The molecule has 1 aliphatic carbocycles. The molecule has 1 aliphatic rings. The lowest BCUT2D eigenvalue weighted by atomic mass is 9.86. The molecule has 0 saturated heterocycles. The predicted octanol–water partition coefficient (Wildman–Crippen LogP) is 1.77. The molecule has 3 atom stereocenters. The third kappa shape index (κ3) is 5.49. The smallest absolute Gasteiger partial charge is 0.237 e. The van der Waals surface area contributed by atoms with Gasteiger partial charge in [0.2, 0.25) is 5.91 Å². The number of aliphatic hydroxyl groups is 1. The number of rotatable bonds is 5. The van der Waals surface area contributed by atoms with E-state index in [1.165, 1.54) is 19.3 Å². The highest BCUT2D eigenvalue weighted by molar-refractivity contribution is 5.81. The largest absolute Gasteiger partial charge is 0.389 e. The van der Waals surface area contributed by atoms with Crippen molar-refractivity contribution in [1.82, 2.24) is 10.2 Å². The van der Waals surface area contributed by atoms with Crippen LogP contribution >= 0.6 is 0 Å². The normalized spacial score (nSPS) is 26.3. The summed E-state index contributed by atoms with van der Waals surface area (Å²) < 4.78 is 0. The Balaban J connectivity index is 2.47. The first-order chi connectivity index (χ1) is 8.70. The Hall–Kier alpha value is -0.610. The average molecular weight is 270 g/mol. The van der Waals surface area contributed by atoms with Crippen LogP contribution in [0, 0.1) is 5.92 Å². The van der Waals surface area contributed by atoms with Crippen LogP contribution < -0.4 is 5.32 Å². The fourth-order valence-electron chi connectivity index (χ4n) is 2.78. The van der Waals surface area contributed by atoms with E-state index in [0.29, 0.717) is 18.5 Å². The van der Waals surface area contributed by atoms with Gasteiger partial charge in [-0.2, -0.15) is 0 Å². The summed E-state index contributed by atoms with van der Waals surface area (Å²) >= 11 is 0. The van der Waals surface area contributed by atoms with Gasteiger partial charge in [-0.25, -0.2) is 0 Å². The van der Waals surface area contributed by atoms with Crippen LogP contribution in [-0.2, 0) is 4.79 Å². The number of hydrogen-bond donors (Lipinski definition) is 2. The van der Waals surface area contributed by atoms with Gasteiger partial charge in [0.15, 0.2) is 0 Å². The van der Waals surface area contributed by atoms with Gasteiger partial charge in [-0.05, 0) is 46.6 Å². The first kappa shape index (κ1) is 16.4. The van der Waals surface area contributed by atoms with E-state index in [4.69, 9.17) is 0 Å². The highest BCUT2D eigenvalue weighted by atomic mass is 16.3. The minimum Gasteiger partial charge on any atom is -0.389 e. The van der Waals surface area contributed by atoms with Crippen molar-refractivity contribution in [2.45, 2.75) is 71.1 Å². The van der Waals surface area contributed by atoms with Gasteiger partial charge < -0.3 is 10.4 Å². The van der Waals surface area contributed by atoms with E-state index < -0.39 is 5.60 Å². The predicted molar refractivity (Wildman–Crippen MR) is 78.0 cm³/mol. The first-order valence-electron chi connectivity index (χ1n) is 7.43. The van der Waals surface area contributed by atoms with Gasteiger partial charge in [0.25, 0.3) is 0 Å². The molecule has 0 aromatic heterocycles. The van der Waals surface area contributed by atoms with Crippen LogP contribution in [0.15, 0.2) is 0 Å². The molecule has 1 amide bonds. The molecule has 0 aromatic rings. The van der Waals surface area contributed by atoms with E-state index >= 15 is 0 Å². The van der Waals surface area contributed by atoms with Crippen molar-refractivity contribution < 1.29 is 9.90 Å². The zero-order valence-corrected chi connectivity index (χ0v) is 13.1. The highest BCUT2D eigenvalue weighted by Gasteiger charge is 2.28. The monoisotopic (exact) mass is 270 g/mol. The average Bonchev–Trinajstić information content (AvgIpc) is 2.28. The number of likely N-dealkylation sites (N-methyl/N-ethyl adjacent to an activating group) is 1. The van der Waals surface area contributed by atoms with E-state index in [-0.39, 0.29) is 11.9 Å². The maximum absolute atomic E-state index is 12.2. The second-order valence-electron chi connectivity index (χ2n) is 6.78. The zero-order valence-electron chi connectivity index (χ0n) is 13.1. The van der Waals surface area contributed by atoms with Gasteiger partial charge in [-0.1, -0.05) is 19.8 Å². The second kappa shape index (κ2) is 6.71. The lowest BCUT2D eigenvalue weighted by Gasteiger charge is -2.33. The molecule has 0 aliphatic heterocycles. The summed E-state index contributed by atoms with van der Waals surface area (Å²) in [7, 11) is 1.88. The van der Waals surface area contributed by atoms with Crippen molar-refractivity contribution >= 4 is 5.91 Å². The molecular formula is C15H30N2O2. The van der Waals surface area contributed by atoms with Crippen LogP contribution in [0.5, 0.6) is 0 Å². The molecule has 0 spiro atoms. The van der Waals surface area contributed by atoms with E-state index in [1.807, 2.05) is 18.9 Å². The van der Waals surface area contributed by atoms with Crippen molar-refractivity contribution in [2.75, 3.05) is 13.6 Å². The summed E-state index contributed by atoms with van der Waals surface area (Å²) in [6.07, 6.45) is 4.79. The van der Waals surface area contributed by atoms with E-state index in [2.05, 4.69) is 12.2 Å². The third-order valence-electron chi connectivity index (χ3n) is 4.12. The highest BCUT2D eigenvalue weighted by Crippen LogP contribution is 2.23. The molecule has 0 radical (unpaired) electrons. The van der Waals surface area contributed by atoms with Crippen LogP contribution in [-0.4, -0.2) is 47.2 Å². The minimum atomic E-state index is -0.776. The Morgan fingerprint density at radius 1 is 1.42 bits per heavy atom. The summed E-state index contributed by atoms with van der Waals surface area (Å²) in [5.74, 6) is 0.648. The number of hydrogen-bond acceptors (Lipinski definition) is 3. The summed E-state index contributed by atoms with van der Waals surface area (Å²) in [4.78, 5) is 14.2. The fraction of sp³-hybridized carbons (Fsp3) is 0.933. The fourth-order valence-corrected chi connectivity index (χ4v) is 2.78. The van der Waals surface area contributed by atoms with Gasteiger partial charge in [0.05, 0.1) is 11.6 Å². The zero-order chi connectivity index (χ0) is 14.6. The van der Waals surface area contributed by atoms with Crippen molar-refractivity contribution in [3.8, 4) is 0 Å². The Morgan fingerprint density at radius 2 is 2.00 bits per heavy atom. The van der Waals surface area contributed by atoms with Gasteiger partial charge in [-0.3, -0.25) is 9.69 Å². The van der Waals surface area contributed by atoms with E-state index in [9.17, 15) is 9.90 Å². The van der Waals surface area contributed by atoms with Crippen molar-refractivity contribution in [3.63, 3.8) is 0 Å². The summed E-state index contributed by atoms with van der Waals surface area (Å²) in [6, 6.07) is 0.111. The van der Waals surface area contributed by atoms with Gasteiger partial charge >= 0.3 is 0 Å². The van der Waals surface area contributed by atoms with Crippen LogP contribution in [0.4, 0.5) is 0 Å². The molecule has 1 rings (SSSR count). The minimum absolute atomic E-state index is 0.0745. The van der Waals surface area contributed by atoms with Gasteiger partial charge in [-0.15, -0.1) is 0 Å². The number of nitrogens with one attached hydrogen (secondary N) is 1. The molecule has 112 valence electrons. The van der Waals surface area contributed by atoms with Crippen molar-refractivity contribution in [2.24, 2.45) is 5.92 Å². The molecule has 0 bridgehead atoms. The quantitative estimate of drug-likeness (QED) is 0.800. The topological polar surface area (TPSA) is 52.6 Å². The Morgan fingerprint density at radius 3 is 2.53 bits per heavy atom. The second-order valence-corrected chi connectivity index (χ2v) is 6.78. The Labute approximate surface area is 117 Å². The Kier molecular flexibility index (Phi) is 5.81. The lowest BCUT2D eigenvalue weighted by molar-refractivity contribution is -0.127. The molecule has 3 unspecified atom stereocenters. The number of carbonyl (C=O) groups is 1. The summed E-state index contributed by atoms with van der Waals surface area (Å²) in [5, 5.41) is 13.0. The van der Waals surface area contributed by atoms with Crippen LogP contribution in [0.25, 0.3) is 0 Å². The number of carbonyl (C=O) groups excluding carboxylic acids is 1. The third-order valence-corrected chi connectivity index (χ3v) is 4.12. The van der Waals surface area contributed by atoms with E-state index in [1.54, 1.807) is 13.8 Å². The SMILES string of the molecule is CC1CCCCC1NC(=O)C(C)N(C)CC(C)(C)O.